The molecule has 0 unspecified atom stereocenters. The van der Waals surface area contributed by atoms with Crippen molar-refractivity contribution < 1.29 is 14.3 Å². The lowest BCUT2D eigenvalue weighted by atomic mass is 10.0. The third kappa shape index (κ3) is 2.00. The van der Waals surface area contributed by atoms with Gasteiger partial charge >= 0.3 is 0 Å². The first-order valence-electron chi connectivity index (χ1n) is 6.83. The molecule has 2 amide bonds. The van der Waals surface area contributed by atoms with Gasteiger partial charge in [-0.3, -0.25) is 9.59 Å². The van der Waals surface area contributed by atoms with Gasteiger partial charge in [0.2, 0.25) is 11.8 Å². The Kier molecular flexibility index (Phi) is 3.01. The minimum absolute atomic E-state index is 0.00591. The summed E-state index contributed by atoms with van der Waals surface area (Å²) < 4.78 is 5.66. The van der Waals surface area contributed by atoms with E-state index in [-0.39, 0.29) is 29.9 Å². The van der Waals surface area contributed by atoms with Crippen molar-refractivity contribution in [1.29, 1.82) is 0 Å². The normalized spacial score (nSPS) is 34.5. The zero-order valence-electron chi connectivity index (χ0n) is 10.7. The topological polar surface area (TPSA) is 58.6 Å². The van der Waals surface area contributed by atoms with E-state index < -0.39 is 0 Å². The molecule has 3 rings (SSSR count). The Morgan fingerprint density at radius 3 is 2.78 bits per heavy atom. The Balaban J connectivity index is 1.71. The van der Waals surface area contributed by atoms with E-state index in [2.05, 4.69) is 5.32 Å². The minimum Gasteiger partial charge on any atom is -0.375 e. The number of carbonyl (C=O) groups is 2. The van der Waals surface area contributed by atoms with Crippen molar-refractivity contribution in [3.8, 4) is 0 Å². The van der Waals surface area contributed by atoms with E-state index in [4.69, 9.17) is 4.74 Å². The Labute approximate surface area is 107 Å². The van der Waals surface area contributed by atoms with Gasteiger partial charge in [0, 0.05) is 26.6 Å². The van der Waals surface area contributed by atoms with Crippen LogP contribution in [0.1, 0.15) is 25.7 Å². The summed E-state index contributed by atoms with van der Waals surface area (Å²) in [5.74, 6) is 0.612. The molecule has 2 saturated heterocycles. The second-order valence-corrected chi connectivity index (χ2v) is 5.61. The molecule has 0 bridgehead atoms. The van der Waals surface area contributed by atoms with E-state index in [0.717, 1.165) is 6.42 Å². The summed E-state index contributed by atoms with van der Waals surface area (Å²) in [7, 11) is 1.64. The predicted octanol–water partition coefficient (Wildman–Crippen LogP) is 0.148. The van der Waals surface area contributed by atoms with Crippen molar-refractivity contribution in [2.75, 3.05) is 20.2 Å². The fourth-order valence-corrected chi connectivity index (χ4v) is 3.16. The quantitative estimate of drug-likeness (QED) is 0.778. The molecule has 100 valence electrons. The number of nitrogens with zero attached hydrogens (tertiary/aromatic N) is 1. The number of rotatable bonds is 3. The summed E-state index contributed by atoms with van der Waals surface area (Å²) in [6, 6.07) is 0.124. The van der Waals surface area contributed by atoms with Crippen molar-refractivity contribution in [3.63, 3.8) is 0 Å². The largest absolute Gasteiger partial charge is 0.375 e. The molecule has 2 heterocycles. The summed E-state index contributed by atoms with van der Waals surface area (Å²) >= 11 is 0. The highest BCUT2D eigenvalue weighted by Crippen LogP contribution is 2.37. The third-order valence-corrected chi connectivity index (χ3v) is 4.36. The Hall–Kier alpha value is -1.10. The van der Waals surface area contributed by atoms with Gasteiger partial charge in [0.25, 0.3) is 0 Å². The van der Waals surface area contributed by atoms with Crippen molar-refractivity contribution in [2.45, 2.75) is 37.8 Å². The van der Waals surface area contributed by atoms with Gasteiger partial charge in [0.1, 0.15) is 0 Å². The van der Waals surface area contributed by atoms with Crippen LogP contribution < -0.4 is 5.32 Å². The van der Waals surface area contributed by atoms with Gasteiger partial charge < -0.3 is 15.0 Å². The molecule has 0 radical (unpaired) electrons. The van der Waals surface area contributed by atoms with Crippen molar-refractivity contribution in [1.82, 2.24) is 10.2 Å². The van der Waals surface area contributed by atoms with Crippen LogP contribution >= 0.6 is 0 Å². The first kappa shape index (κ1) is 12.0. The van der Waals surface area contributed by atoms with E-state index in [0.29, 0.717) is 25.5 Å². The maximum Gasteiger partial charge on any atom is 0.227 e. The molecule has 3 fully saturated rings. The Morgan fingerprint density at radius 2 is 2.11 bits per heavy atom. The number of nitrogens with one attached hydrogen (secondary N) is 1. The second-order valence-electron chi connectivity index (χ2n) is 5.61. The molecule has 0 aromatic heterocycles. The highest BCUT2D eigenvalue weighted by molar-refractivity contribution is 5.83. The molecule has 1 saturated carbocycles. The average molecular weight is 252 g/mol. The predicted molar refractivity (Wildman–Crippen MR) is 64.8 cm³/mol. The van der Waals surface area contributed by atoms with Crippen LogP contribution in [-0.4, -0.2) is 49.1 Å². The molecular formula is C13H20N2O3. The van der Waals surface area contributed by atoms with Gasteiger partial charge in [-0.2, -0.15) is 0 Å². The summed E-state index contributed by atoms with van der Waals surface area (Å²) in [6.07, 6.45) is 3.80. The van der Waals surface area contributed by atoms with Gasteiger partial charge in [0.15, 0.2) is 0 Å². The van der Waals surface area contributed by atoms with Gasteiger partial charge in [-0.05, 0) is 25.2 Å². The molecule has 2 aliphatic heterocycles. The van der Waals surface area contributed by atoms with E-state index in [1.54, 1.807) is 7.05 Å². The van der Waals surface area contributed by atoms with Crippen LogP contribution in [0.25, 0.3) is 0 Å². The maximum atomic E-state index is 12.2. The number of hydrogen-bond acceptors (Lipinski definition) is 3. The van der Waals surface area contributed by atoms with E-state index in [9.17, 15) is 9.59 Å². The van der Waals surface area contributed by atoms with Gasteiger partial charge in [-0.1, -0.05) is 0 Å². The lowest BCUT2D eigenvalue weighted by Crippen LogP contribution is -2.37. The number of ether oxygens (including phenoxy) is 1. The number of amides is 2. The van der Waals surface area contributed by atoms with Crippen LogP contribution in [0.4, 0.5) is 0 Å². The molecule has 3 aliphatic rings. The highest BCUT2D eigenvalue weighted by Gasteiger charge is 2.50. The lowest BCUT2D eigenvalue weighted by molar-refractivity contribution is -0.132. The van der Waals surface area contributed by atoms with Gasteiger partial charge in [-0.15, -0.1) is 0 Å². The third-order valence-electron chi connectivity index (χ3n) is 4.36. The second kappa shape index (κ2) is 4.53. The Bertz CT molecular complexity index is 367. The number of carbonyl (C=O) groups excluding carboxylic acids is 2. The summed E-state index contributed by atoms with van der Waals surface area (Å²) in [6.45, 7) is 1.19. The summed E-state index contributed by atoms with van der Waals surface area (Å²) in [5.41, 5.74) is 0. The SMILES string of the molecule is CNC(=O)[C@@H]1CN(C(=O)CC2CC2)[C@H]2CCO[C@@H]12. The first-order valence-corrected chi connectivity index (χ1v) is 6.83. The van der Waals surface area contributed by atoms with E-state index in [1.165, 1.54) is 12.8 Å². The fourth-order valence-electron chi connectivity index (χ4n) is 3.16. The van der Waals surface area contributed by atoms with Crippen molar-refractivity contribution in [3.05, 3.63) is 0 Å². The van der Waals surface area contributed by atoms with Gasteiger partial charge in [-0.25, -0.2) is 0 Å². The zero-order chi connectivity index (χ0) is 12.7. The molecular weight excluding hydrogens is 232 g/mol. The van der Waals surface area contributed by atoms with Crippen LogP contribution in [0.15, 0.2) is 0 Å². The monoisotopic (exact) mass is 252 g/mol. The number of hydrogen-bond donors (Lipinski definition) is 1. The molecule has 0 spiro atoms. The van der Waals surface area contributed by atoms with Crippen LogP contribution in [-0.2, 0) is 14.3 Å². The molecule has 5 nitrogen and oxygen atoms in total. The molecule has 1 N–H and O–H groups in total. The maximum absolute atomic E-state index is 12.2. The minimum atomic E-state index is -0.189. The molecule has 0 aromatic carbocycles. The number of likely N-dealkylation sites (tertiary alicyclic amines) is 1. The zero-order valence-corrected chi connectivity index (χ0v) is 10.7. The molecule has 1 aliphatic carbocycles. The van der Waals surface area contributed by atoms with Crippen molar-refractivity contribution in [2.24, 2.45) is 11.8 Å². The van der Waals surface area contributed by atoms with Crippen LogP contribution in [0.2, 0.25) is 0 Å². The molecule has 3 atom stereocenters. The van der Waals surface area contributed by atoms with Gasteiger partial charge in [0.05, 0.1) is 18.1 Å². The summed E-state index contributed by atoms with van der Waals surface area (Å²) in [5, 5.41) is 2.68. The van der Waals surface area contributed by atoms with Crippen LogP contribution in [0, 0.1) is 11.8 Å². The standard InChI is InChI=1S/C13H20N2O3/c1-14-13(17)9-7-15(10-4-5-18-12(9)10)11(16)6-8-2-3-8/h8-10,12H,2-7H2,1H3,(H,14,17)/t9-,10+,12+/m1/s1. The highest BCUT2D eigenvalue weighted by atomic mass is 16.5. The van der Waals surface area contributed by atoms with Crippen LogP contribution in [0.3, 0.4) is 0 Å². The smallest absolute Gasteiger partial charge is 0.227 e. The first-order chi connectivity index (χ1) is 8.70. The average Bonchev–Trinajstić information content (AvgIpc) is 2.92. The molecule has 5 heteroatoms. The van der Waals surface area contributed by atoms with E-state index >= 15 is 0 Å². The lowest BCUT2D eigenvalue weighted by Gasteiger charge is -2.22. The van der Waals surface area contributed by atoms with E-state index in [1.807, 2.05) is 4.90 Å². The number of fused-ring (bicyclic) bond motifs is 1. The van der Waals surface area contributed by atoms with Crippen molar-refractivity contribution >= 4 is 11.8 Å². The van der Waals surface area contributed by atoms with Crippen LogP contribution in [0.5, 0.6) is 0 Å². The fraction of sp³-hybridized carbons (Fsp3) is 0.846. The summed E-state index contributed by atoms with van der Waals surface area (Å²) in [4.78, 5) is 26.0. The Morgan fingerprint density at radius 1 is 1.33 bits per heavy atom. The molecule has 18 heavy (non-hydrogen) atoms. The molecule has 0 aromatic rings.